The minimum Gasteiger partial charge on any atom is -0.0845 e. The molecule has 0 spiro atoms. The molecule has 23 heavy (non-hydrogen) atoms. The van der Waals surface area contributed by atoms with Gasteiger partial charge in [0.15, 0.2) is 0 Å². The molecule has 1 fully saturated rings. The van der Waals surface area contributed by atoms with Crippen LogP contribution in [0.1, 0.15) is 86.0 Å². The molecular weight excluding hydrogens is 276 g/mol. The highest BCUT2D eigenvalue weighted by Gasteiger charge is 2.51. The maximum atomic E-state index is 2.61. The summed E-state index contributed by atoms with van der Waals surface area (Å²) in [5.41, 5.74) is 7.66. The fourth-order valence-corrected chi connectivity index (χ4v) is 6.28. The van der Waals surface area contributed by atoms with Crippen LogP contribution in [0.2, 0.25) is 0 Å². The zero-order valence-corrected chi connectivity index (χ0v) is 16.0. The lowest BCUT2D eigenvalue weighted by Gasteiger charge is -2.51. The van der Waals surface area contributed by atoms with Crippen molar-refractivity contribution in [1.82, 2.24) is 0 Å². The van der Waals surface area contributed by atoms with Gasteiger partial charge in [-0.3, -0.25) is 0 Å². The van der Waals surface area contributed by atoms with Crippen molar-refractivity contribution in [3.63, 3.8) is 0 Å². The van der Waals surface area contributed by atoms with Crippen molar-refractivity contribution in [1.29, 1.82) is 0 Å². The summed E-state index contributed by atoms with van der Waals surface area (Å²) in [6.45, 7) is 11.3. The lowest BCUT2D eigenvalue weighted by Crippen LogP contribution is -2.42. The van der Waals surface area contributed by atoms with Crippen LogP contribution in [0.5, 0.6) is 0 Å². The largest absolute Gasteiger partial charge is 0.0845 e. The van der Waals surface area contributed by atoms with Gasteiger partial charge >= 0.3 is 0 Å². The third-order valence-corrected chi connectivity index (χ3v) is 7.40. The van der Waals surface area contributed by atoms with Crippen LogP contribution >= 0.6 is 0 Å². The molecule has 4 rings (SSSR count). The van der Waals surface area contributed by atoms with Crippen LogP contribution in [0.3, 0.4) is 0 Å². The fourth-order valence-electron chi connectivity index (χ4n) is 6.28. The molecule has 0 heterocycles. The van der Waals surface area contributed by atoms with E-state index in [1.807, 2.05) is 25.0 Å². The molecule has 128 valence electrons. The number of hydrogen-bond donors (Lipinski definition) is 0. The Balaban J connectivity index is 0.000000753. The van der Waals surface area contributed by atoms with Gasteiger partial charge in [-0.2, -0.15) is 0 Å². The van der Waals surface area contributed by atoms with Crippen molar-refractivity contribution < 1.29 is 0 Å². The van der Waals surface area contributed by atoms with Gasteiger partial charge in [0.05, 0.1) is 0 Å². The Bertz CT molecular complexity index is 544. The SMILES string of the molecule is CC.CCC1=CCC2C3CCC4=C(CC=C(C)C4)C3CCC12C. The monoisotopic (exact) mass is 312 g/mol. The summed E-state index contributed by atoms with van der Waals surface area (Å²) in [6, 6.07) is 0. The van der Waals surface area contributed by atoms with E-state index >= 15 is 0 Å². The van der Waals surface area contributed by atoms with E-state index in [1.54, 1.807) is 11.1 Å². The second-order valence-electron chi connectivity index (χ2n) is 8.25. The number of rotatable bonds is 1. The second kappa shape index (κ2) is 6.61. The first-order valence-corrected chi connectivity index (χ1v) is 10.2. The Morgan fingerprint density at radius 1 is 1.17 bits per heavy atom. The molecule has 0 aromatic rings. The van der Waals surface area contributed by atoms with Gasteiger partial charge in [0.2, 0.25) is 0 Å². The van der Waals surface area contributed by atoms with Crippen molar-refractivity contribution in [3.8, 4) is 0 Å². The van der Waals surface area contributed by atoms with Gasteiger partial charge in [0.1, 0.15) is 0 Å². The normalized spacial score (nSPS) is 38.6. The van der Waals surface area contributed by atoms with Gasteiger partial charge in [0, 0.05) is 0 Å². The van der Waals surface area contributed by atoms with E-state index in [0.717, 1.165) is 17.8 Å². The lowest BCUT2D eigenvalue weighted by molar-refractivity contribution is 0.0552. The smallest absolute Gasteiger partial charge is 0.00822 e. The molecule has 4 aliphatic rings. The van der Waals surface area contributed by atoms with Gasteiger partial charge in [-0.05, 0) is 81.5 Å². The van der Waals surface area contributed by atoms with Crippen LogP contribution < -0.4 is 0 Å². The standard InChI is InChI=1S/C21H30.C2H6/c1-4-16-7-10-20-19-9-6-15-13-14(2)5-8-17(15)18(19)11-12-21(16,20)3;1-2/h5,7,18-20H,4,6,8-13H2,1-3H3;1-2H3. The van der Waals surface area contributed by atoms with Crippen LogP contribution in [0.15, 0.2) is 34.4 Å². The van der Waals surface area contributed by atoms with E-state index in [-0.39, 0.29) is 0 Å². The molecule has 0 aromatic carbocycles. The molecule has 4 unspecified atom stereocenters. The van der Waals surface area contributed by atoms with Gasteiger partial charge in [-0.25, -0.2) is 0 Å². The van der Waals surface area contributed by atoms with Crippen molar-refractivity contribution in [2.24, 2.45) is 23.2 Å². The zero-order valence-electron chi connectivity index (χ0n) is 16.0. The van der Waals surface area contributed by atoms with E-state index in [0.29, 0.717) is 5.41 Å². The molecule has 0 aromatic heterocycles. The van der Waals surface area contributed by atoms with Crippen LogP contribution in [0, 0.1) is 23.2 Å². The summed E-state index contributed by atoms with van der Waals surface area (Å²) in [4.78, 5) is 0. The molecule has 1 saturated carbocycles. The molecule has 0 saturated heterocycles. The summed E-state index contributed by atoms with van der Waals surface area (Å²) >= 11 is 0. The van der Waals surface area contributed by atoms with Crippen molar-refractivity contribution in [2.45, 2.75) is 86.0 Å². The molecule has 0 radical (unpaired) electrons. The van der Waals surface area contributed by atoms with E-state index < -0.39 is 0 Å². The van der Waals surface area contributed by atoms with Crippen LogP contribution in [0.4, 0.5) is 0 Å². The topological polar surface area (TPSA) is 0 Å². The first kappa shape index (κ1) is 17.1. The molecule has 0 heteroatoms. The van der Waals surface area contributed by atoms with E-state index in [2.05, 4.69) is 32.9 Å². The highest BCUT2D eigenvalue weighted by atomic mass is 14.6. The third kappa shape index (κ3) is 2.67. The molecule has 0 bridgehead atoms. The highest BCUT2D eigenvalue weighted by molar-refractivity contribution is 5.35. The van der Waals surface area contributed by atoms with Crippen LogP contribution in [0.25, 0.3) is 0 Å². The van der Waals surface area contributed by atoms with Crippen LogP contribution in [-0.4, -0.2) is 0 Å². The first-order chi connectivity index (χ1) is 11.1. The summed E-state index contributed by atoms with van der Waals surface area (Å²) < 4.78 is 0. The highest BCUT2D eigenvalue weighted by Crippen LogP contribution is 2.61. The predicted octanol–water partition coefficient (Wildman–Crippen LogP) is 7.23. The second-order valence-corrected chi connectivity index (χ2v) is 8.25. The maximum Gasteiger partial charge on any atom is -0.00822 e. The molecule has 0 aliphatic heterocycles. The lowest BCUT2D eigenvalue weighted by atomic mass is 9.53. The third-order valence-electron chi connectivity index (χ3n) is 7.40. The quantitative estimate of drug-likeness (QED) is 0.448. The van der Waals surface area contributed by atoms with Gasteiger partial charge < -0.3 is 0 Å². The van der Waals surface area contributed by atoms with Crippen LogP contribution in [-0.2, 0) is 0 Å². The average molecular weight is 313 g/mol. The Morgan fingerprint density at radius 3 is 2.70 bits per heavy atom. The number of allylic oxidation sites excluding steroid dienone is 6. The minimum atomic E-state index is 0.550. The van der Waals surface area contributed by atoms with Gasteiger partial charge in [0.25, 0.3) is 0 Å². The number of fused-ring (bicyclic) bond motifs is 4. The van der Waals surface area contributed by atoms with Crippen molar-refractivity contribution in [3.05, 3.63) is 34.4 Å². The van der Waals surface area contributed by atoms with E-state index in [9.17, 15) is 0 Å². The summed E-state index contributed by atoms with van der Waals surface area (Å²) in [7, 11) is 0. The van der Waals surface area contributed by atoms with Gasteiger partial charge in [-0.15, -0.1) is 0 Å². The average Bonchev–Trinajstić information content (AvgIpc) is 2.92. The molecule has 4 aliphatic carbocycles. The molecule has 4 atom stereocenters. The molecule has 0 amide bonds. The molecule has 0 N–H and O–H groups in total. The first-order valence-electron chi connectivity index (χ1n) is 10.2. The Morgan fingerprint density at radius 2 is 1.96 bits per heavy atom. The van der Waals surface area contributed by atoms with Crippen molar-refractivity contribution >= 4 is 0 Å². The summed E-state index contributed by atoms with van der Waals surface area (Å²) in [6.07, 6.45) is 16.1. The van der Waals surface area contributed by atoms with E-state index in [1.165, 1.54) is 51.4 Å². The Hall–Kier alpha value is -0.780. The van der Waals surface area contributed by atoms with Crippen molar-refractivity contribution in [2.75, 3.05) is 0 Å². The summed E-state index contributed by atoms with van der Waals surface area (Å²) in [5, 5.41) is 0. The maximum absolute atomic E-state index is 2.61. The van der Waals surface area contributed by atoms with Gasteiger partial charge in [-0.1, -0.05) is 62.1 Å². The Kier molecular flexibility index (Phi) is 4.90. The molecular formula is C23H36. The minimum absolute atomic E-state index is 0.550. The summed E-state index contributed by atoms with van der Waals surface area (Å²) in [5.74, 6) is 2.86. The number of hydrogen-bond acceptors (Lipinski definition) is 0. The zero-order chi connectivity index (χ0) is 16.6. The molecule has 0 nitrogen and oxygen atoms in total. The fraction of sp³-hybridized carbons (Fsp3) is 0.739. The van der Waals surface area contributed by atoms with E-state index in [4.69, 9.17) is 0 Å². The Labute approximate surface area is 144 Å². The predicted molar refractivity (Wildman–Crippen MR) is 101 cm³/mol.